The molecule has 0 aliphatic rings. The van der Waals surface area contributed by atoms with Crippen LogP contribution in [0.1, 0.15) is 13.8 Å². The van der Waals surface area contributed by atoms with Crippen molar-refractivity contribution in [3.63, 3.8) is 0 Å². The maximum Gasteiger partial charge on any atom is 0.259 e. The van der Waals surface area contributed by atoms with Gasteiger partial charge in [0.05, 0.1) is 4.91 Å². The van der Waals surface area contributed by atoms with E-state index in [1.54, 1.807) is 0 Å². The molecule has 0 spiro atoms. The molecule has 0 saturated heterocycles. The summed E-state index contributed by atoms with van der Waals surface area (Å²) in [4.78, 5) is -0.427. The van der Waals surface area contributed by atoms with Crippen LogP contribution in [0.4, 0.5) is 4.39 Å². The fourth-order valence-electron chi connectivity index (χ4n) is 0.168. The van der Waals surface area contributed by atoms with Crippen LogP contribution in [-0.2, 0) is 9.05 Å². The monoisotopic (exact) mass is 172 g/mol. The molecular formula is C4H6ClFO2S. The summed E-state index contributed by atoms with van der Waals surface area (Å²) in [6, 6.07) is 0. The second-order valence-electron chi connectivity index (χ2n) is 1.53. The quantitative estimate of drug-likeness (QED) is 0.565. The smallest absolute Gasteiger partial charge is 0.211 e. The maximum atomic E-state index is 12.0. The van der Waals surface area contributed by atoms with Crippen LogP contribution in [0.25, 0.3) is 0 Å². The summed E-state index contributed by atoms with van der Waals surface area (Å²) in [7, 11) is 0.928. The Kier molecular flexibility index (Phi) is 2.64. The number of halogens is 2. The van der Waals surface area contributed by atoms with E-state index < -0.39 is 19.8 Å². The number of hydrogen-bond acceptors (Lipinski definition) is 2. The molecule has 0 amide bonds. The fraction of sp³-hybridized carbons (Fsp3) is 0.500. The van der Waals surface area contributed by atoms with Crippen LogP contribution in [0.15, 0.2) is 10.7 Å². The normalized spacial score (nSPS) is 15.1. The molecule has 0 saturated carbocycles. The van der Waals surface area contributed by atoms with Crippen LogP contribution >= 0.6 is 10.7 Å². The standard InChI is InChI=1S/C4H6ClFO2S/c1-3(6)4(2)9(5,7)8/h1-2H3. The number of rotatable bonds is 1. The van der Waals surface area contributed by atoms with Crippen molar-refractivity contribution in [1.29, 1.82) is 0 Å². The van der Waals surface area contributed by atoms with Gasteiger partial charge < -0.3 is 0 Å². The molecule has 0 aliphatic heterocycles. The van der Waals surface area contributed by atoms with E-state index in [0.29, 0.717) is 0 Å². The Morgan fingerprint density at radius 2 is 1.78 bits per heavy atom. The Bertz CT molecular complexity index is 225. The van der Waals surface area contributed by atoms with Gasteiger partial charge in [-0.3, -0.25) is 0 Å². The molecule has 0 unspecified atom stereocenters. The zero-order chi connectivity index (χ0) is 7.65. The zero-order valence-electron chi connectivity index (χ0n) is 4.98. The third-order valence-corrected chi connectivity index (χ3v) is 2.56. The first kappa shape index (κ1) is 8.91. The van der Waals surface area contributed by atoms with Gasteiger partial charge in [-0.1, -0.05) is 0 Å². The second kappa shape index (κ2) is 2.66. The van der Waals surface area contributed by atoms with Crippen LogP contribution in [0.3, 0.4) is 0 Å². The van der Waals surface area contributed by atoms with E-state index in [0.717, 1.165) is 13.8 Å². The highest BCUT2D eigenvalue weighted by Crippen LogP contribution is 2.15. The summed E-state index contributed by atoms with van der Waals surface area (Å²) >= 11 is 0. The summed E-state index contributed by atoms with van der Waals surface area (Å²) in [5.74, 6) is -0.773. The molecule has 0 heterocycles. The first-order chi connectivity index (χ1) is 3.85. The molecule has 54 valence electrons. The van der Waals surface area contributed by atoms with Crippen molar-refractivity contribution >= 4 is 19.7 Å². The lowest BCUT2D eigenvalue weighted by Gasteiger charge is -1.91. The van der Waals surface area contributed by atoms with E-state index in [2.05, 4.69) is 0 Å². The van der Waals surface area contributed by atoms with E-state index in [-0.39, 0.29) is 0 Å². The van der Waals surface area contributed by atoms with Gasteiger partial charge in [0.15, 0.2) is 0 Å². The third-order valence-electron chi connectivity index (χ3n) is 0.851. The minimum absolute atomic E-state index is 0.427. The van der Waals surface area contributed by atoms with E-state index >= 15 is 0 Å². The van der Waals surface area contributed by atoms with Crippen molar-refractivity contribution in [3.05, 3.63) is 10.7 Å². The van der Waals surface area contributed by atoms with Gasteiger partial charge in [0.1, 0.15) is 5.83 Å². The Morgan fingerprint density at radius 1 is 1.44 bits per heavy atom. The molecule has 0 fully saturated rings. The predicted octanol–water partition coefficient (Wildman–Crippen LogP) is 1.78. The van der Waals surface area contributed by atoms with Crippen molar-refractivity contribution in [2.24, 2.45) is 0 Å². The minimum atomic E-state index is -3.83. The van der Waals surface area contributed by atoms with Gasteiger partial charge in [0.2, 0.25) is 0 Å². The van der Waals surface area contributed by atoms with Gasteiger partial charge in [0, 0.05) is 10.7 Å². The van der Waals surface area contributed by atoms with Gasteiger partial charge in [-0.05, 0) is 13.8 Å². The summed E-state index contributed by atoms with van der Waals surface area (Å²) in [5.41, 5.74) is 0. The highest BCUT2D eigenvalue weighted by molar-refractivity contribution is 8.16. The molecule has 0 aromatic heterocycles. The lowest BCUT2D eigenvalue weighted by Crippen LogP contribution is -1.90. The highest BCUT2D eigenvalue weighted by atomic mass is 35.7. The summed E-state index contributed by atoms with van der Waals surface area (Å²) in [6.07, 6.45) is 0. The van der Waals surface area contributed by atoms with Crippen molar-refractivity contribution in [2.45, 2.75) is 13.8 Å². The molecule has 2 nitrogen and oxygen atoms in total. The first-order valence-corrected chi connectivity index (χ1v) is 4.44. The van der Waals surface area contributed by atoms with Gasteiger partial charge in [-0.15, -0.1) is 0 Å². The Balaban J connectivity index is 4.86. The van der Waals surface area contributed by atoms with Gasteiger partial charge in [-0.2, -0.15) is 0 Å². The van der Waals surface area contributed by atoms with Crippen molar-refractivity contribution < 1.29 is 12.8 Å². The van der Waals surface area contributed by atoms with Gasteiger partial charge in [-0.25, -0.2) is 12.8 Å². The second-order valence-corrected chi connectivity index (χ2v) is 4.23. The molecule has 0 aromatic rings. The fourth-order valence-corrected chi connectivity index (χ4v) is 0.823. The minimum Gasteiger partial charge on any atom is -0.211 e. The Hall–Kier alpha value is -0.0900. The number of hydrogen-bond donors (Lipinski definition) is 0. The van der Waals surface area contributed by atoms with Crippen LogP contribution in [0.5, 0.6) is 0 Å². The molecule has 9 heavy (non-hydrogen) atoms. The van der Waals surface area contributed by atoms with Crippen LogP contribution in [0.2, 0.25) is 0 Å². The van der Waals surface area contributed by atoms with E-state index in [9.17, 15) is 12.8 Å². The van der Waals surface area contributed by atoms with Crippen molar-refractivity contribution in [2.75, 3.05) is 0 Å². The third kappa shape index (κ3) is 2.81. The Labute approximate surface area is 57.7 Å². The average Bonchev–Trinajstić information content (AvgIpc) is 1.62. The molecule has 0 radical (unpaired) electrons. The highest BCUT2D eigenvalue weighted by Gasteiger charge is 2.10. The van der Waals surface area contributed by atoms with E-state index in [1.165, 1.54) is 0 Å². The molecule has 0 atom stereocenters. The van der Waals surface area contributed by atoms with Gasteiger partial charge in [0.25, 0.3) is 9.05 Å². The molecule has 0 bridgehead atoms. The van der Waals surface area contributed by atoms with Crippen molar-refractivity contribution in [3.8, 4) is 0 Å². The zero-order valence-corrected chi connectivity index (χ0v) is 6.55. The largest absolute Gasteiger partial charge is 0.259 e. The molecule has 0 aromatic carbocycles. The first-order valence-electron chi connectivity index (χ1n) is 2.13. The molecule has 0 N–H and O–H groups in total. The lowest BCUT2D eigenvalue weighted by atomic mass is 10.5. The van der Waals surface area contributed by atoms with Gasteiger partial charge >= 0.3 is 0 Å². The SMILES string of the molecule is CC(F)=C(C)S(=O)(=O)Cl. The molecule has 5 heteroatoms. The summed E-state index contributed by atoms with van der Waals surface area (Å²) in [5, 5.41) is 0. The molecular weight excluding hydrogens is 167 g/mol. The molecule has 0 aliphatic carbocycles. The molecule has 0 rings (SSSR count). The van der Waals surface area contributed by atoms with E-state index in [4.69, 9.17) is 10.7 Å². The predicted molar refractivity (Wildman–Crippen MR) is 34.3 cm³/mol. The summed E-state index contributed by atoms with van der Waals surface area (Å²) < 4.78 is 32.5. The Morgan fingerprint density at radius 3 is 1.78 bits per heavy atom. The summed E-state index contributed by atoms with van der Waals surface area (Å²) in [6.45, 7) is 2.15. The van der Waals surface area contributed by atoms with Crippen LogP contribution in [0, 0.1) is 0 Å². The van der Waals surface area contributed by atoms with Crippen molar-refractivity contribution in [1.82, 2.24) is 0 Å². The topological polar surface area (TPSA) is 34.1 Å². The maximum absolute atomic E-state index is 12.0. The average molecular weight is 173 g/mol. The van der Waals surface area contributed by atoms with Crippen LogP contribution < -0.4 is 0 Å². The van der Waals surface area contributed by atoms with E-state index in [1.807, 2.05) is 0 Å². The van der Waals surface area contributed by atoms with Crippen LogP contribution in [-0.4, -0.2) is 8.42 Å². The number of allylic oxidation sites excluding steroid dienone is 2. The lowest BCUT2D eigenvalue weighted by molar-refractivity contribution is 0.604.